The molecule has 0 spiro atoms. The van der Waals surface area contributed by atoms with Crippen molar-refractivity contribution in [2.24, 2.45) is 5.73 Å². The number of primary amides is 1. The van der Waals surface area contributed by atoms with Gasteiger partial charge in [-0.2, -0.15) is 5.26 Å². The molecule has 104 valence electrons. The van der Waals surface area contributed by atoms with Crippen molar-refractivity contribution < 1.29 is 9.59 Å². The summed E-state index contributed by atoms with van der Waals surface area (Å²) in [7, 11) is 0. The van der Waals surface area contributed by atoms with Gasteiger partial charge in [0.1, 0.15) is 0 Å². The molecule has 5 heteroatoms. The second-order valence-electron chi connectivity index (χ2n) is 4.44. The van der Waals surface area contributed by atoms with Crippen LogP contribution in [0.15, 0.2) is 48.5 Å². The first-order valence-corrected chi connectivity index (χ1v) is 6.27. The number of nitrogens with one attached hydrogen (secondary N) is 1. The monoisotopic (exact) mass is 279 g/mol. The average molecular weight is 279 g/mol. The molecule has 0 bridgehead atoms. The maximum Gasteiger partial charge on any atom is 0.251 e. The van der Waals surface area contributed by atoms with E-state index >= 15 is 0 Å². The molecular formula is C16H13N3O2. The molecule has 2 amide bonds. The summed E-state index contributed by atoms with van der Waals surface area (Å²) in [6, 6.07) is 15.1. The van der Waals surface area contributed by atoms with Gasteiger partial charge in [0.15, 0.2) is 0 Å². The molecule has 21 heavy (non-hydrogen) atoms. The van der Waals surface area contributed by atoms with Gasteiger partial charge >= 0.3 is 0 Å². The van der Waals surface area contributed by atoms with E-state index in [2.05, 4.69) is 5.32 Å². The van der Waals surface area contributed by atoms with Gasteiger partial charge in [-0.3, -0.25) is 9.59 Å². The van der Waals surface area contributed by atoms with Gasteiger partial charge in [-0.25, -0.2) is 0 Å². The number of hydrogen-bond acceptors (Lipinski definition) is 3. The van der Waals surface area contributed by atoms with Crippen LogP contribution in [-0.4, -0.2) is 11.8 Å². The minimum atomic E-state index is -0.487. The Morgan fingerprint density at radius 2 is 1.81 bits per heavy atom. The quantitative estimate of drug-likeness (QED) is 0.889. The summed E-state index contributed by atoms with van der Waals surface area (Å²) in [6.07, 6.45) is 0. The van der Waals surface area contributed by atoms with Crippen LogP contribution in [0.4, 0.5) is 0 Å². The number of nitriles is 1. The topological polar surface area (TPSA) is 96.0 Å². The van der Waals surface area contributed by atoms with Crippen molar-refractivity contribution >= 4 is 11.8 Å². The number of rotatable bonds is 4. The first-order chi connectivity index (χ1) is 10.1. The normalized spacial score (nSPS) is 9.67. The van der Waals surface area contributed by atoms with Crippen LogP contribution in [0.25, 0.3) is 0 Å². The highest BCUT2D eigenvalue weighted by Gasteiger charge is 2.06. The van der Waals surface area contributed by atoms with Crippen LogP contribution in [0.5, 0.6) is 0 Å². The zero-order chi connectivity index (χ0) is 15.2. The molecular weight excluding hydrogens is 266 g/mol. The second kappa shape index (κ2) is 6.35. The van der Waals surface area contributed by atoms with E-state index in [4.69, 9.17) is 11.0 Å². The molecule has 0 atom stereocenters. The lowest BCUT2D eigenvalue weighted by molar-refractivity contribution is 0.0949. The number of carbonyl (C=O) groups excluding carboxylic acids is 2. The predicted octanol–water partition coefficient (Wildman–Crippen LogP) is 1.59. The lowest BCUT2D eigenvalue weighted by Gasteiger charge is -2.06. The number of carbonyl (C=O) groups is 2. The smallest absolute Gasteiger partial charge is 0.251 e. The Kier molecular flexibility index (Phi) is 4.32. The fourth-order valence-electron chi connectivity index (χ4n) is 1.80. The maximum absolute atomic E-state index is 12.0. The molecule has 0 aliphatic heterocycles. The maximum atomic E-state index is 12.0. The number of nitrogens with zero attached hydrogens (tertiary/aromatic N) is 1. The van der Waals surface area contributed by atoms with Crippen molar-refractivity contribution in [3.8, 4) is 6.07 Å². The molecule has 0 saturated heterocycles. The van der Waals surface area contributed by atoms with Gasteiger partial charge in [0.25, 0.3) is 5.91 Å². The summed E-state index contributed by atoms with van der Waals surface area (Å²) < 4.78 is 0. The van der Waals surface area contributed by atoms with Gasteiger partial charge in [0.05, 0.1) is 11.6 Å². The highest BCUT2D eigenvalue weighted by atomic mass is 16.2. The Labute approximate surface area is 122 Å². The summed E-state index contributed by atoms with van der Waals surface area (Å²) in [5, 5.41) is 11.6. The van der Waals surface area contributed by atoms with Crippen molar-refractivity contribution in [1.82, 2.24) is 5.32 Å². The zero-order valence-electron chi connectivity index (χ0n) is 11.2. The van der Waals surface area contributed by atoms with Crippen LogP contribution in [0, 0.1) is 11.3 Å². The van der Waals surface area contributed by atoms with Crippen LogP contribution >= 0.6 is 0 Å². The van der Waals surface area contributed by atoms with Crippen LogP contribution in [0.2, 0.25) is 0 Å². The summed E-state index contributed by atoms with van der Waals surface area (Å²) in [5.74, 6) is -0.745. The number of hydrogen-bond donors (Lipinski definition) is 2. The molecule has 0 aliphatic rings. The van der Waals surface area contributed by atoms with E-state index < -0.39 is 5.91 Å². The molecule has 0 saturated carbocycles. The van der Waals surface area contributed by atoms with Gasteiger partial charge in [-0.15, -0.1) is 0 Å². The molecule has 0 aliphatic carbocycles. The summed E-state index contributed by atoms with van der Waals surface area (Å²) in [4.78, 5) is 22.9. The Morgan fingerprint density at radius 1 is 1.10 bits per heavy atom. The van der Waals surface area contributed by atoms with Gasteiger partial charge < -0.3 is 11.1 Å². The fraction of sp³-hybridized carbons (Fsp3) is 0.0625. The van der Waals surface area contributed by atoms with E-state index in [1.165, 1.54) is 6.07 Å². The Bertz CT molecular complexity index is 715. The summed E-state index contributed by atoms with van der Waals surface area (Å²) in [6.45, 7) is 0.328. The van der Waals surface area contributed by atoms with E-state index in [-0.39, 0.29) is 5.91 Å². The SMILES string of the molecule is N#Cc1cccc(C(=O)NCc2ccc(C(N)=O)cc2)c1. The first-order valence-electron chi connectivity index (χ1n) is 6.27. The van der Waals surface area contributed by atoms with E-state index in [1.54, 1.807) is 42.5 Å². The van der Waals surface area contributed by atoms with E-state index in [9.17, 15) is 9.59 Å². The molecule has 5 nitrogen and oxygen atoms in total. The summed E-state index contributed by atoms with van der Waals surface area (Å²) >= 11 is 0. The van der Waals surface area contributed by atoms with Gasteiger partial charge in [-0.05, 0) is 35.9 Å². The van der Waals surface area contributed by atoms with Crippen LogP contribution in [-0.2, 0) is 6.54 Å². The largest absolute Gasteiger partial charge is 0.366 e. The third-order valence-electron chi connectivity index (χ3n) is 2.95. The number of amides is 2. The minimum absolute atomic E-state index is 0.258. The lowest BCUT2D eigenvalue weighted by Crippen LogP contribution is -2.22. The standard InChI is InChI=1S/C16H13N3O2/c17-9-12-2-1-3-14(8-12)16(21)19-10-11-4-6-13(7-5-11)15(18)20/h1-8H,10H2,(H2,18,20)(H,19,21). The molecule has 0 unspecified atom stereocenters. The molecule has 0 radical (unpaired) electrons. The Balaban J connectivity index is 2.00. The Hall–Kier alpha value is -3.13. The molecule has 2 aromatic rings. The number of benzene rings is 2. The van der Waals surface area contributed by atoms with E-state index in [1.807, 2.05) is 6.07 Å². The van der Waals surface area contributed by atoms with E-state index in [0.29, 0.717) is 23.2 Å². The van der Waals surface area contributed by atoms with Crippen LogP contribution < -0.4 is 11.1 Å². The van der Waals surface area contributed by atoms with Gasteiger partial charge in [0.2, 0.25) is 5.91 Å². The predicted molar refractivity (Wildman–Crippen MR) is 77.3 cm³/mol. The number of nitrogens with two attached hydrogens (primary N) is 1. The molecule has 3 N–H and O–H groups in total. The Morgan fingerprint density at radius 3 is 2.43 bits per heavy atom. The highest BCUT2D eigenvalue weighted by Crippen LogP contribution is 2.06. The summed E-state index contributed by atoms with van der Waals surface area (Å²) in [5.41, 5.74) is 7.30. The van der Waals surface area contributed by atoms with Crippen molar-refractivity contribution in [2.45, 2.75) is 6.54 Å². The molecule has 2 aromatic carbocycles. The van der Waals surface area contributed by atoms with Crippen molar-refractivity contribution in [2.75, 3.05) is 0 Å². The first kappa shape index (κ1) is 14.3. The molecule has 0 heterocycles. The zero-order valence-corrected chi connectivity index (χ0v) is 11.2. The molecule has 0 fully saturated rings. The highest BCUT2D eigenvalue weighted by molar-refractivity contribution is 5.94. The van der Waals surface area contributed by atoms with Crippen molar-refractivity contribution in [3.05, 3.63) is 70.8 Å². The lowest BCUT2D eigenvalue weighted by atomic mass is 10.1. The molecule has 2 rings (SSSR count). The van der Waals surface area contributed by atoms with Crippen molar-refractivity contribution in [3.63, 3.8) is 0 Å². The fourth-order valence-corrected chi connectivity index (χ4v) is 1.80. The van der Waals surface area contributed by atoms with Crippen LogP contribution in [0.1, 0.15) is 31.8 Å². The van der Waals surface area contributed by atoms with Gasteiger partial charge in [0, 0.05) is 17.7 Å². The second-order valence-corrected chi connectivity index (χ2v) is 4.44. The van der Waals surface area contributed by atoms with E-state index in [0.717, 1.165) is 5.56 Å². The third kappa shape index (κ3) is 3.67. The van der Waals surface area contributed by atoms with Crippen LogP contribution in [0.3, 0.4) is 0 Å². The third-order valence-corrected chi connectivity index (χ3v) is 2.95. The molecule has 0 aromatic heterocycles. The minimum Gasteiger partial charge on any atom is -0.366 e. The van der Waals surface area contributed by atoms with Crippen molar-refractivity contribution in [1.29, 1.82) is 5.26 Å². The van der Waals surface area contributed by atoms with Gasteiger partial charge in [-0.1, -0.05) is 18.2 Å². The average Bonchev–Trinajstić information content (AvgIpc) is 2.53.